The van der Waals surface area contributed by atoms with Gasteiger partial charge in [-0.15, -0.1) is 0 Å². The molecule has 1 aliphatic heterocycles. The van der Waals surface area contributed by atoms with Gasteiger partial charge < -0.3 is 15.2 Å². The topological polar surface area (TPSA) is 74.4 Å². The number of amides is 1. The van der Waals surface area contributed by atoms with Crippen molar-refractivity contribution in [3.05, 3.63) is 17.8 Å². The van der Waals surface area contributed by atoms with Crippen LogP contribution in [-0.2, 0) is 11.2 Å². The van der Waals surface area contributed by atoms with Crippen LogP contribution >= 0.6 is 0 Å². The molecule has 2 rings (SSSR count). The standard InChI is InChI=1S/C8H8N2O3/c9-7(11)2-5-1-6-8(10-3-5)13-4-12-6/h1,3H,2,4H2,(H2,9,11). The molecule has 68 valence electrons. The number of primary amides is 1. The zero-order valence-electron chi connectivity index (χ0n) is 6.82. The predicted octanol–water partition coefficient (Wildman–Crippen LogP) is -0.162. The summed E-state index contributed by atoms with van der Waals surface area (Å²) in [4.78, 5) is 14.5. The van der Waals surface area contributed by atoms with Crippen LogP contribution in [-0.4, -0.2) is 17.7 Å². The lowest BCUT2D eigenvalue weighted by Crippen LogP contribution is -2.13. The molecule has 2 N–H and O–H groups in total. The van der Waals surface area contributed by atoms with Gasteiger partial charge in [0.05, 0.1) is 6.42 Å². The molecule has 0 fully saturated rings. The van der Waals surface area contributed by atoms with E-state index in [2.05, 4.69) is 4.98 Å². The summed E-state index contributed by atoms with van der Waals surface area (Å²) in [5.74, 6) is 0.646. The summed E-state index contributed by atoms with van der Waals surface area (Å²) >= 11 is 0. The summed E-state index contributed by atoms with van der Waals surface area (Å²) in [5, 5.41) is 0. The number of carbonyl (C=O) groups excluding carboxylic acids is 1. The molecule has 1 aliphatic rings. The Hall–Kier alpha value is -1.78. The summed E-state index contributed by atoms with van der Waals surface area (Å²) < 4.78 is 10.1. The number of hydrogen-bond donors (Lipinski definition) is 1. The molecule has 0 saturated carbocycles. The van der Waals surface area contributed by atoms with Crippen LogP contribution < -0.4 is 15.2 Å². The van der Waals surface area contributed by atoms with Crippen molar-refractivity contribution in [1.82, 2.24) is 4.98 Å². The fourth-order valence-electron chi connectivity index (χ4n) is 1.13. The van der Waals surface area contributed by atoms with Gasteiger partial charge in [-0.3, -0.25) is 4.79 Å². The van der Waals surface area contributed by atoms with Gasteiger partial charge in [0, 0.05) is 6.20 Å². The Bertz CT molecular complexity index is 351. The lowest BCUT2D eigenvalue weighted by Gasteiger charge is -1.98. The second-order valence-corrected chi connectivity index (χ2v) is 2.70. The van der Waals surface area contributed by atoms with E-state index in [0.717, 1.165) is 5.56 Å². The fraction of sp³-hybridized carbons (Fsp3) is 0.250. The predicted molar refractivity (Wildman–Crippen MR) is 43.3 cm³/mol. The highest BCUT2D eigenvalue weighted by Gasteiger charge is 2.15. The maximum absolute atomic E-state index is 10.6. The Kier molecular flexibility index (Phi) is 1.77. The number of carbonyl (C=O) groups is 1. The quantitative estimate of drug-likeness (QED) is 0.686. The molecule has 0 bridgehead atoms. The van der Waals surface area contributed by atoms with Crippen molar-refractivity contribution in [1.29, 1.82) is 0 Å². The number of fused-ring (bicyclic) bond motifs is 1. The van der Waals surface area contributed by atoms with E-state index in [0.29, 0.717) is 11.6 Å². The molecule has 0 aliphatic carbocycles. The van der Waals surface area contributed by atoms with Crippen molar-refractivity contribution in [3.8, 4) is 11.6 Å². The summed E-state index contributed by atoms with van der Waals surface area (Å²) in [6.45, 7) is 0.183. The molecule has 0 unspecified atom stereocenters. The third kappa shape index (κ3) is 1.53. The molecule has 0 atom stereocenters. The van der Waals surface area contributed by atoms with Crippen LogP contribution in [0, 0.1) is 0 Å². The van der Waals surface area contributed by atoms with Crippen molar-refractivity contribution in [3.63, 3.8) is 0 Å². The first-order chi connectivity index (χ1) is 6.25. The summed E-state index contributed by atoms with van der Waals surface area (Å²) in [5.41, 5.74) is 5.76. The molecule has 0 aromatic carbocycles. The molecule has 1 aromatic rings. The molecule has 13 heavy (non-hydrogen) atoms. The first-order valence-corrected chi connectivity index (χ1v) is 3.78. The van der Waals surface area contributed by atoms with Gasteiger partial charge in [0.25, 0.3) is 5.88 Å². The molecule has 2 heterocycles. The van der Waals surface area contributed by atoms with E-state index >= 15 is 0 Å². The lowest BCUT2D eigenvalue weighted by atomic mass is 10.2. The average Bonchev–Trinajstić information content (AvgIpc) is 2.49. The molecule has 1 aromatic heterocycles. The highest BCUT2D eigenvalue weighted by atomic mass is 16.7. The largest absolute Gasteiger partial charge is 0.452 e. The second-order valence-electron chi connectivity index (χ2n) is 2.70. The van der Waals surface area contributed by atoms with Crippen molar-refractivity contribution >= 4 is 5.91 Å². The zero-order chi connectivity index (χ0) is 9.26. The Balaban J connectivity index is 2.25. The Morgan fingerprint density at radius 2 is 2.46 bits per heavy atom. The van der Waals surface area contributed by atoms with Crippen LogP contribution in [0.5, 0.6) is 11.6 Å². The van der Waals surface area contributed by atoms with Gasteiger partial charge in [-0.1, -0.05) is 0 Å². The minimum Gasteiger partial charge on any atom is -0.452 e. The number of nitrogens with two attached hydrogens (primary N) is 1. The van der Waals surface area contributed by atoms with Crippen LogP contribution in [0.3, 0.4) is 0 Å². The SMILES string of the molecule is NC(=O)Cc1cnc2c(c1)OCO2. The van der Waals surface area contributed by atoms with Gasteiger partial charge >= 0.3 is 0 Å². The van der Waals surface area contributed by atoms with Gasteiger partial charge in [-0.25, -0.2) is 4.98 Å². The van der Waals surface area contributed by atoms with E-state index in [1.54, 1.807) is 12.3 Å². The Morgan fingerprint density at radius 3 is 3.23 bits per heavy atom. The van der Waals surface area contributed by atoms with Gasteiger partial charge in [-0.2, -0.15) is 0 Å². The number of rotatable bonds is 2. The third-order valence-electron chi connectivity index (χ3n) is 1.66. The van der Waals surface area contributed by atoms with E-state index in [-0.39, 0.29) is 19.1 Å². The lowest BCUT2D eigenvalue weighted by molar-refractivity contribution is -0.117. The van der Waals surface area contributed by atoms with Gasteiger partial charge in [0.2, 0.25) is 12.7 Å². The van der Waals surface area contributed by atoms with E-state index in [4.69, 9.17) is 15.2 Å². The molecular formula is C8H8N2O3. The molecule has 0 saturated heterocycles. The molecule has 1 amide bonds. The summed E-state index contributed by atoms with van der Waals surface area (Å²) in [7, 11) is 0. The molecule has 5 heteroatoms. The molecule has 0 spiro atoms. The van der Waals surface area contributed by atoms with Crippen molar-refractivity contribution in [2.75, 3.05) is 6.79 Å². The normalized spacial score (nSPS) is 12.9. The van der Waals surface area contributed by atoms with Gasteiger partial charge in [-0.05, 0) is 11.6 Å². The van der Waals surface area contributed by atoms with Crippen LogP contribution in [0.15, 0.2) is 12.3 Å². The Morgan fingerprint density at radius 1 is 1.62 bits per heavy atom. The molecule has 0 radical (unpaired) electrons. The van der Waals surface area contributed by atoms with Crippen LogP contribution in [0.1, 0.15) is 5.56 Å². The van der Waals surface area contributed by atoms with Crippen molar-refractivity contribution < 1.29 is 14.3 Å². The van der Waals surface area contributed by atoms with Crippen molar-refractivity contribution in [2.45, 2.75) is 6.42 Å². The number of ether oxygens (including phenoxy) is 2. The highest BCUT2D eigenvalue weighted by Crippen LogP contribution is 2.29. The third-order valence-corrected chi connectivity index (χ3v) is 1.66. The van der Waals surface area contributed by atoms with Gasteiger partial charge in [0.15, 0.2) is 5.75 Å². The Labute approximate surface area is 74.5 Å². The number of hydrogen-bond acceptors (Lipinski definition) is 4. The first kappa shape index (κ1) is 7.85. The first-order valence-electron chi connectivity index (χ1n) is 3.78. The second kappa shape index (κ2) is 2.93. The zero-order valence-corrected chi connectivity index (χ0v) is 6.82. The monoisotopic (exact) mass is 180 g/mol. The highest BCUT2D eigenvalue weighted by molar-refractivity contribution is 5.76. The van der Waals surface area contributed by atoms with Crippen LogP contribution in [0.25, 0.3) is 0 Å². The smallest absolute Gasteiger partial charge is 0.260 e. The van der Waals surface area contributed by atoms with Gasteiger partial charge in [0.1, 0.15) is 0 Å². The van der Waals surface area contributed by atoms with Crippen LogP contribution in [0.2, 0.25) is 0 Å². The van der Waals surface area contributed by atoms with Crippen LogP contribution in [0.4, 0.5) is 0 Å². The maximum atomic E-state index is 10.6. The minimum atomic E-state index is -0.388. The number of aromatic nitrogens is 1. The van der Waals surface area contributed by atoms with E-state index in [9.17, 15) is 4.79 Å². The van der Waals surface area contributed by atoms with E-state index < -0.39 is 0 Å². The average molecular weight is 180 g/mol. The fourth-order valence-corrected chi connectivity index (χ4v) is 1.13. The number of pyridine rings is 1. The van der Waals surface area contributed by atoms with E-state index in [1.165, 1.54) is 0 Å². The minimum absolute atomic E-state index is 0.170. The van der Waals surface area contributed by atoms with E-state index in [1.807, 2.05) is 0 Å². The number of nitrogens with zero attached hydrogens (tertiary/aromatic N) is 1. The maximum Gasteiger partial charge on any atom is 0.260 e. The summed E-state index contributed by atoms with van der Waals surface area (Å²) in [6, 6.07) is 1.71. The van der Waals surface area contributed by atoms with Crippen molar-refractivity contribution in [2.24, 2.45) is 5.73 Å². The molecular weight excluding hydrogens is 172 g/mol. The summed E-state index contributed by atoms with van der Waals surface area (Å²) in [6.07, 6.45) is 1.72. The molecule has 5 nitrogen and oxygen atoms in total.